The molecule has 0 bridgehead atoms. The molecule has 1 saturated heterocycles. The van der Waals surface area contributed by atoms with Crippen molar-refractivity contribution in [1.29, 1.82) is 0 Å². The topological polar surface area (TPSA) is 103 Å². The van der Waals surface area contributed by atoms with Gasteiger partial charge >= 0.3 is 0 Å². The van der Waals surface area contributed by atoms with Crippen molar-refractivity contribution in [3.63, 3.8) is 0 Å². The summed E-state index contributed by atoms with van der Waals surface area (Å²) >= 11 is 0. The minimum Gasteiger partial charge on any atom is -0.508 e. The molecule has 1 aliphatic rings. The van der Waals surface area contributed by atoms with Gasteiger partial charge in [-0.15, -0.1) is 0 Å². The lowest BCUT2D eigenvalue weighted by molar-refractivity contribution is 0.476. The van der Waals surface area contributed by atoms with Gasteiger partial charge in [0.15, 0.2) is 0 Å². The van der Waals surface area contributed by atoms with E-state index in [1.807, 2.05) is 12.1 Å². The van der Waals surface area contributed by atoms with Gasteiger partial charge in [0.05, 0.1) is 17.4 Å². The predicted molar refractivity (Wildman–Crippen MR) is 133 cm³/mol. The van der Waals surface area contributed by atoms with E-state index in [0.717, 1.165) is 47.3 Å². The van der Waals surface area contributed by atoms with Crippen molar-refractivity contribution >= 4 is 10.9 Å². The van der Waals surface area contributed by atoms with Gasteiger partial charge in [0.25, 0.3) is 5.56 Å². The van der Waals surface area contributed by atoms with E-state index in [1.54, 1.807) is 16.7 Å². The van der Waals surface area contributed by atoms with Crippen LogP contribution in [0.1, 0.15) is 42.9 Å². The molecule has 0 saturated carbocycles. The van der Waals surface area contributed by atoms with Crippen LogP contribution >= 0.6 is 0 Å². The average molecular weight is 457 g/mol. The van der Waals surface area contributed by atoms with E-state index >= 15 is 0 Å². The summed E-state index contributed by atoms with van der Waals surface area (Å²) in [6, 6.07) is 21.3. The van der Waals surface area contributed by atoms with Crippen LogP contribution in [-0.2, 0) is 13.0 Å². The van der Waals surface area contributed by atoms with Gasteiger partial charge in [-0.2, -0.15) is 11.1 Å². The van der Waals surface area contributed by atoms with Crippen molar-refractivity contribution in [2.45, 2.75) is 38.9 Å². The van der Waals surface area contributed by atoms with Crippen LogP contribution in [0.25, 0.3) is 22.0 Å². The lowest BCUT2D eigenvalue weighted by atomic mass is 9.97. The number of hydrogen-bond acceptors (Lipinski definition) is 7. The normalized spacial score (nSPS) is 14.1. The van der Waals surface area contributed by atoms with E-state index < -0.39 is 0 Å². The van der Waals surface area contributed by atoms with Crippen LogP contribution < -0.4 is 27.5 Å². The Bertz CT molecular complexity index is 1360. The van der Waals surface area contributed by atoms with E-state index in [0.29, 0.717) is 17.4 Å². The molecule has 5 rings (SSSR count). The van der Waals surface area contributed by atoms with Gasteiger partial charge in [-0.25, -0.2) is 15.8 Å². The predicted octanol–water partition coefficient (Wildman–Crippen LogP) is 3.28. The minimum atomic E-state index is -0.125. The van der Waals surface area contributed by atoms with E-state index in [4.69, 9.17) is 4.98 Å². The number of rotatable bonds is 7. The fraction of sp³-hybridized carbons (Fsp3) is 0.231. The first-order valence-corrected chi connectivity index (χ1v) is 11.6. The van der Waals surface area contributed by atoms with Gasteiger partial charge in [-0.1, -0.05) is 61.9 Å². The summed E-state index contributed by atoms with van der Waals surface area (Å²) in [6.45, 7) is 2.55. The lowest BCUT2D eigenvalue weighted by Crippen LogP contribution is -2.33. The molecule has 1 aromatic heterocycles. The molecule has 0 spiro atoms. The highest BCUT2D eigenvalue weighted by atomic mass is 16.3. The fourth-order valence-electron chi connectivity index (χ4n) is 4.34. The summed E-state index contributed by atoms with van der Waals surface area (Å²) in [4.78, 5) is 18.1. The van der Waals surface area contributed by atoms with Crippen LogP contribution in [0.15, 0.2) is 71.5 Å². The molecule has 0 aliphatic carbocycles. The number of unbranched alkanes of at least 4 members (excludes halogenated alkanes) is 1. The summed E-state index contributed by atoms with van der Waals surface area (Å²) in [5, 5.41) is 10.3. The molecule has 0 atom stereocenters. The van der Waals surface area contributed by atoms with E-state index in [2.05, 4.69) is 65.2 Å². The second-order valence-corrected chi connectivity index (χ2v) is 8.48. The molecule has 0 unspecified atom stereocenters. The minimum absolute atomic E-state index is 0.0596. The van der Waals surface area contributed by atoms with E-state index in [9.17, 15) is 9.90 Å². The van der Waals surface area contributed by atoms with E-state index in [1.165, 1.54) is 6.07 Å². The maximum absolute atomic E-state index is 13.3. The van der Waals surface area contributed by atoms with Gasteiger partial charge in [0, 0.05) is 6.42 Å². The van der Waals surface area contributed by atoms with Crippen molar-refractivity contribution in [2.75, 3.05) is 0 Å². The number of fused-ring (bicyclic) bond motifs is 1. The third kappa shape index (κ3) is 4.44. The van der Waals surface area contributed by atoms with Gasteiger partial charge in [0.2, 0.25) is 0 Å². The Hall–Kier alpha value is -3.56. The molecule has 2 heterocycles. The van der Waals surface area contributed by atoms with Crippen molar-refractivity contribution in [3.8, 4) is 16.9 Å². The molecule has 5 N–H and O–H groups in total. The van der Waals surface area contributed by atoms with Crippen LogP contribution in [0.3, 0.4) is 0 Å². The molecule has 3 aromatic carbocycles. The molecular formula is C26H28N6O2. The van der Waals surface area contributed by atoms with Crippen molar-refractivity contribution in [3.05, 3.63) is 94.0 Å². The van der Waals surface area contributed by atoms with Gasteiger partial charge in [-0.05, 0) is 46.9 Å². The quantitative estimate of drug-likeness (QED) is 0.291. The van der Waals surface area contributed by atoms with Crippen LogP contribution in [0, 0.1) is 0 Å². The fourth-order valence-corrected chi connectivity index (χ4v) is 4.34. The monoisotopic (exact) mass is 456 g/mol. The molecule has 1 fully saturated rings. The third-order valence-electron chi connectivity index (χ3n) is 6.14. The second kappa shape index (κ2) is 9.74. The van der Waals surface area contributed by atoms with Crippen LogP contribution in [-0.4, -0.2) is 14.7 Å². The number of hydrogen-bond donors (Lipinski definition) is 5. The average Bonchev–Trinajstić information content (AvgIpc) is 3.40. The first kappa shape index (κ1) is 22.2. The van der Waals surface area contributed by atoms with Gasteiger partial charge in [-0.3, -0.25) is 9.36 Å². The van der Waals surface area contributed by atoms with E-state index in [-0.39, 0.29) is 17.5 Å². The van der Waals surface area contributed by atoms with Gasteiger partial charge < -0.3 is 5.11 Å². The first-order chi connectivity index (χ1) is 16.6. The van der Waals surface area contributed by atoms with Crippen molar-refractivity contribution in [2.24, 2.45) is 0 Å². The summed E-state index contributed by atoms with van der Waals surface area (Å²) in [5.41, 5.74) is 16.8. The SMILES string of the molecule is CCCCc1nc2ccc(O)cc2c(=O)n1Cc1ccc(-c2ccccc2C2NNNN2)cc1. The standard InChI is InChI=1S/C26H28N6O2/c1-2-3-8-24-27-23-14-13-19(33)15-22(23)26(34)32(24)16-17-9-11-18(12-10-17)20-6-4-5-7-21(20)25-28-30-31-29-25/h4-7,9-15,25,28-31,33H,2-3,8,16H2,1H3. The van der Waals surface area contributed by atoms with Crippen molar-refractivity contribution < 1.29 is 5.11 Å². The zero-order valence-corrected chi connectivity index (χ0v) is 19.0. The summed E-state index contributed by atoms with van der Waals surface area (Å²) < 4.78 is 1.74. The highest BCUT2D eigenvalue weighted by molar-refractivity contribution is 5.79. The molecule has 34 heavy (non-hydrogen) atoms. The van der Waals surface area contributed by atoms with Gasteiger partial charge in [0.1, 0.15) is 17.7 Å². The summed E-state index contributed by atoms with van der Waals surface area (Å²) in [5.74, 6) is 0.844. The Balaban J connectivity index is 1.48. The van der Waals surface area contributed by atoms with Crippen molar-refractivity contribution in [1.82, 2.24) is 31.5 Å². The Kier molecular flexibility index (Phi) is 6.37. The number of nitrogens with zero attached hydrogens (tertiary/aromatic N) is 2. The Morgan fingerprint density at radius 3 is 2.53 bits per heavy atom. The number of hydrazine groups is 3. The highest BCUT2D eigenvalue weighted by Gasteiger charge is 2.18. The van der Waals surface area contributed by atoms with Crippen LogP contribution in [0.5, 0.6) is 5.75 Å². The number of benzene rings is 3. The number of phenols is 1. The molecule has 1 aliphatic heterocycles. The zero-order chi connectivity index (χ0) is 23.5. The number of aromatic hydroxyl groups is 1. The molecule has 8 nitrogen and oxygen atoms in total. The number of nitrogens with one attached hydrogen (secondary N) is 4. The molecule has 4 aromatic rings. The molecule has 0 radical (unpaired) electrons. The van der Waals surface area contributed by atoms with Crippen LogP contribution in [0.4, 0.5) is 0 Å². The molecule has 0 amide bonds. The lowest BCUT2D eigenvalue weighted by Gasteiger charge is -2.16. The number of phenolic OH excluding ortho intramolecular Hbond substituents is 1. The van der Waals surface area contributed by atoms with Crippen LogP contribution in [0.2, 0.25) is 0 Å². The number of aryl methyl sites for hydroxylation is 1. The maximum atomic E-state index is 13.3. The Labute approximate surface area is 197 Å². The maximum Gasteiger partial charge on any atom is 0.261 e. The molecular weight excluding hydrogens is 428 g/mol. The molecule has 174 valence electrons. The highest BCUT2D eigenvalue weighted by Crippen LogP contribution is 2.28. The summed E-state index contributed by atoms with van der Waals surface area (Å²) in [7, 11) is 0. The third-order valence-corrected chi connectivity index (χ3v) is 6.14. The molecule has 8 heteroatoms. The smallest absolute Gasteiger partial charge is 0.261 e. The largest absolute Gasteiger partial charge is 0.508 e. The Morgan fingerprint density at radius 2 is 1.76 bits per heavy atom. The summed E-state index contributed by atoms with van der Waals surface area (Å²) in [6.07, 6.45) is 2.65. The zero-order valence-electron chi connectivity index (χ0n) is 19.0. The number of aromatic nitrogens is 2. The Morgan fingerprint density at radius 1 is 1.00 bits per heavy atom. The second-order valence-electron chi connectivity index (χ2n) is 8.48. The first-order valence-electron chi connectivity index (χ1n) is 11.6.